The summed E-state index contributed by atoms with van der Waals surface area (Å²) in [6.07, 6.45) is -0.325. The standard InChI is InChI=1S/C21H18Cl2N2O3S/c22-16-7-3-1-5-12(16)14-9-11(26)10-15(13-6-2-4-8-17(13)23)21(14)18(27)24-20(29)25-19(21)28/h1-8,11,14-15,26H,9-10H2,(H2,24,25,27,28,29)/t11?,14-,15+. The van der Waals surface area contributed by atoms with Gasteiger partial charge in [-0.2, -0.15) is 0 Å². The van der Waals surface area contributed by atoms with Crippen molar-refractivity contribution in [3.63, 3.8) is 0 Å². The fraction of sp³-hybridized carbons (Fsp3) is 0.286. The summed E-state index contributed by atoms with van der Waals surface area (Å²) in [5, 5.41) is 16.8. The third-order valence-corrected chi connectivity index (χ3v) is 6.77. The lowest BCUT2D eigenvalue weighted by Crippen LogP contribution is -2.67. The Bertz CT molecular complexity index is 935. The minimum Gasteiger partial charge on any atom is -0.393 e. The van der Waals surface area contributed by atoms with Crippen LogP contribution in [0.1, 0.15) is 35.8 Å². The Labute approximate surface area is 183 Å². The summed E-state index contributed by atoms with van der Waals surface area (Å²) in [5.74, 6) is -2.34. The topological polar surface area (TPSA) is 78.4 Å². The van der Waals surface area contributed by atoms with E-state index < -0.39 is 35.2 Å². The monoisotopic (exact) mass is 448 g/mol. The molecule has 1 spiro atoms. The molecule has 0 bridgehead atoms. The number of carbonyl (C=O) groups excluding carboxylic acids is 2. The third kappa shape index (κ3) is 3.24. The number of hydrogen-bond acceptors (Lipinski definition) is 4. The lowest BCUT2D eigenvalue weighted by Gasteiger charge is -2.50. The second-order valence-electron chi connectivity index (χ2n) is 7.38. The Balaban J connectivity index is 1.99. The van der Waals surface area contributed by atoms with Crippen LogP contribution in [0.5, 0.6) is 0 Å². The molecule has 0 radical (unpaired) electrons. The van der Waals surface area contributed by atoms with E-state index in [1.54, 1.807) is 48.5 Å². The molecule has 0 aromatic heterocycles. The molecule has 4 rings (SSSR count). The summed E-state index contributed by atoms with van der Waals surface area (Å²) in [6, 6.07) is 14.1. The molecule has 1 aliphatic carbocycles. The van der Waals surface area contributed by atoms with Gasteiger partial charge in [0.25, 0.3) is 0 Å². The van der Waals surface area contributed by atoms with Gasteiger partial charge in [-0.05, 0) is 48.3 Å². The number of rotatable bonds is 2. The van der Waals surface area contributed by atoms with Crippen molar-refractivity contribution >= 4 is 52.3 Å². The lowest BCUT2D eigenvalue weighted by molar-refractivity contribution is -0.151. The second-order valence-corrected chi connectivity index (χ2v) is 8.60. The maximum atomic E-state index is 13.5. The first-order valence-electron chi connectivity index (χ1n) is 9.19. The van der Waals surface area contributed by atoms with Gasteiger partial charge in [0.1, 0.15) is 5.41 Å². The van der Waals surface area contributed by atoms with Gasteiger partial charge in [0.05, 0.1) is 6.10 Å². The molecule has 5 nitrogen and oxygen atoms in total. The molecule has 2 aliphatic rings. The molecule has 3 N–H and O–H groups in total. The van der Waals surface area contributed by atoms with Crippen LogP contribution in [0.4, 0.5) is 0 Å². The van der Waals surface area contributed by atoms with Crippen LogP contribution in [0.3, 0.4) is 0 Å². The van der Waals surface area contributed by atoms with Crippen molar-refractivity contribution in [3.05, 3.63) is 69.7 Å². The molecular weight excluding hydrogens is 431 g/mol. The number of benzene rings is 2. The molecule has 150 valence electrons. The molecule has 2 aromatic carbocycles. The predicted octanol–water partition coefficient (Wildman–Crippen LogP) is 3.53. The van der Waals surface area contributed by atoms with Crippen molar-refractivity contribution < 1.29 is 14.7 Å². The van der Waals surface area contributed by atoms with E-state index in [0.29, 0.717) is 21.2 Å². The average molecular weight is 449 g/mol. The molecule has 3 atom stereocenters. The van der Waals surface area contributed by atoms with E-state index >= 15 is 0 Å². The first-order valence-corrected chi connectivity index (χ1v) is 10.4. The van der Waals surface area contributed by atoms with Crippen molar-refractivity contribution in [2.45, 2.75) is 30.8 Å². The number of aliphatic hydroxyl groups is 1. The quantitative estimate of drug-likeness (QED) is 0.484. The number of hydrogen-bond donors (Lipinski definition) is 3. The Morgan fingerprint density at radius 2 is 1.28 bits per heavy atom. The van der Waals surface area contributed by atoms with Crippen molar-refractivity contribution in [1.29, 1.82) is 0 Å². The first kappa shape index (κ1) is 20.3. The van der Waals surface area contributed by atoms with Gasteiger partial charge in [-0.15, -0.1) is 0 Å². The van der Waals surface area contributed by atoms with Gasteiger partial charge in [-0.3, -0.25) is 9.59 Å². The van der Waals surface area contributed by atoms with Gasteiger partial charge in [-0.1, -0.05) is 59.6 Å². The number of halogens is 2. The molecular formula is C21H18Cl2N2O3S. The van der Waals surface area contributed by atoms with Crippen LogP contribution < -0.4 is 10.6 Å². The summed E-state index contributed by atoms with van der Waals surface area (Å²) in [4.78, 5) is 26.9. The van der Waals surface area contributed by atoms with Gasteiger partial charge in [0.2, 0.25) is 11.8 Å². The van der Waals surface area contributed by atoms with E-state index in [2.05, 4.69) is 10.6 Å². The molecule has 1 aliphatic heterocycles. The number of thiocarbonyl (C=S) groups is 1. The number of nitrogens with one attached hydrogen (secondary N) is 2. The van der Waals surface area contributed by atoms with Gasteiger partial charge in [0, 0.05) is 21.9 Å². The maximum Gasteiger partial charge on any atom is 0.243 e. The zero-order valence-electron chi connectivity index (χ0n) is 15.2. The van der Waals surface area contributed by atoms with Crippen LogP contribution in [0, 0.1) is 5.41 Å². The first-order chi connectivity index (χ1) is 13.9. The van der Waals surface area contributed by atoms with Gasteiger partial charge >= 0.3 is 0 Å². The molecule has 1 unspecified atom stereocenters. The molecule has 8 heteroatoms. The summed E-state index contributed by atoms with van der Waals surface area (Å²) < 4.78 is 0. The van der Waals surface area contributed by atoms with Crippen molar-refractivity contribution in [2.75, 3.05) is 0 Å². The molecule has 1 saturated carbocycles. The summed E-state index contributed by atoms with van der Waals surface area (Å²) in [6.45, 7) is 0. The van der Waals surface area contributed by atoms with Crippen molar-refractivity contribution in [1.82, 2.24) is 10.6 Å². The average Bonchev–Trinajstić information content (AvgIpc) is 2.67. The zero-order valence-corrected chi connectivity index (χ0v) is 17.5. The summed E-state index contributed by atoms with van der Waals surface area (Å²) in [7, 11) is 0. The summed E-state index contributed by atoms with van der Waals surface area (Å²) in [5.41, 5.74) is -0.302. The smallest absolute Gasteiger partial charge is 0.243 e. The molecule has 2 aromatic rings. The maximum absolute atomic E-state index is 13.5. The van der Waals surface area contributed by atoms with Crippen LogP contribution in [0.2, 0.25) is 10.0 Å². The van der Waals surface area contributed by atoms with E-state index in [0.717, 1.165) is 0 Å². The van der Waals surface area contributed by atoms with E-state index in [1.165, 1.54) is 0 Å². The number of aliphatic hydroxyl groups excluding tert-OH is 1. The highest BCUT2D eigenvalue weighted by molar-refractivity contribution is 7.80. The molecule has 2 amide bonds. The van der Waals surface area contributed by atoms with Crippen LogP contribution >= 0.6 is 35.4 Å². The predicted molar refractivity (Wildman–Crippen MR) is 115 cm³/mol. The van der Waals surface area contributed by atoms with Gasteiger partial charge < -0.3 is 15.7 Å². The minimum atomic E-state index is -1.56. The molecule has 29 heavy (non-hydrogen) atoms. The largest absolute Gasteiger partial charge is 0.393 e. The summed E-state index contributed by atoms with van der Waals surface area (Å²) >= 11 is 18.0. The van der Waals surface area contributed by atoms with Crippen LogP contribution in [0.15, 0.2) is 48.5 Å². The lowest BCUT2D eigenvalue weighted by atomic mass is 9.54. The highest BCUT2D eigenvalue weighted by Crippen LogP contribution is 2.57. The van der Waals surface area contributed by atoms with Crippen molar-refractivity contribution in [2.24, 2.45) is 5.41 Å². The third-order valence-electron chi connectivity index (χ3n) is 5.88. The Kier molecular flexibility index (Phi) is 5.38. The highest BCUT2D eigenvalue weighted by Gasteiger charge is 2.63. The second kappa shape index (κ2) is 7.69. The fourth-order valence-electron chi connectivity index (χ4n) is 4.70. The van der Waals surface area contributed by atoms with Crippen LogP contribution in [-0.4, -0.2) is 28.1 Å². The Morgan fingerprint density at radius 1 is 0.862 bits per heavy atom. The SMILES string of the molecule is O=C1NC(=S)NC(=O)C12[C@@H](c1ccccc1Cl)CC(O)C[C@H]2c1ccccc1Cl. The van der Waals surface area contributed by atoms with E-state index in [-0.39, 0.29) is 18.0 Å². The number of carbonyl (C=O) groups is 2. The molecule has 2 fully saturated rings. The van der Waals surface area contributed by atoms with Gasteiger partial charge in [-0.25, -0.2) is 0 Å². The van der Waals surface area contributed by atoms with E-state index in [1.807, 2.05) is 0 Å². The minimum absolute atomic E-state index is 0.0347. The number of amides is 2. The van der Waals surface area contributed by atoms with E-state index in [4.69, 9.17) is 35.4 Å². The molecule has 1 heterocycles. The normalized spacial score (nSPS) is 26.2. The van der Waals surface area contributed by atoms with Crippen LogP contribution in [-0.2, 0) is 9.59 Å². The fourth-order valence-corrected chi connectivity index (χ4v) is 5.42. The van der Waals surface area contributed by atoms with Crippen LogP contribution in [0.25, 0.3) is 0 Å². The van der Waals surface area contributed by atoms with E-state index in [9.17, 15) is 14.7 Å². The Morgan fingerprint density at radius 3 is 1.69 bits per heavy atom. The van der Waals surface area contributed by atoms with Gasteiger partial charge in [0.15, 0.2) is 5.11 Å². The van der Waals surface area contributed by atoms with Crippen molar-refractivity contribution in [3.8, 4) is 0 Å². The Hall–Kier alpha value is -1.99. The zero-order chi connectivity index (χ0) is 20.8. The highest BCUT2D eigenvalue weighted by atomic mass is 35.5. The molecule has 1 saturated heterocycles.